The average molecular weight is 200 g/mol. The van der Waals surface area contributed by atoms with Crippen molar-refractivity contribution in [2.45, 2.75) is 44.6 Å². The van der Waals surface area contributed by atoms with Crippen LogP contribution in [0.2, 0.25) is 0 Å². The number of aliphatic hydroxyl groups is 3. The topological polar surface area (TPSA) is 60.7 Å². The highest BCUT2D eigenvalue weighted by Crippen LogP contribution is 2.06. The van der Waals surface area contributed by atoms with Crippen molar-refractivity contribution in [1.82, 2.24) is 0 Å². The van der Waals surface area contributed by atoms with Gasteiger partial charge in [-0.05, 0) is 12.8 Å². The molecule has 0 aromatic carbocycles. The van der Waals surface area contributed by atoms with Crippen LogP contribution in [-0.2, 0) is 0 Å². The fourth-order valence-electron chi connectivity index (χ4n) is 1.01. The maximum absolute atomic E-state index is 8.17. The smallest absolute Gasteiger partial charge is 0.100 e. The van der Waals surface area contributed by atoms with Crippen molar-refractivity contribution in [3.63, 3.8) is 0 Å². The number of aliphatic hydroxyl groups excluding tert-OH is 3. The van der Waals surface area contributed by atoms with Gasteiger partial charge in [-0.25, -0.2) is 0 Å². The molecule has 0 aliphatic heterocycles. The molecule has 0 saturated heterocycles. The molecule has 0 fully saturated rings. The Bertz CT molecular complexity index is 153. The minimum absolute atomic E-state index is 0.365. The third kappa shape index (κ3) is 9.53. The minimum Gasteiger partial charge on any atom is -0.394 e. The molecule has 14 heavy (non-hydrogen) atoms. The van der Waals surface area contributed by atoms with Crippen LogP contribution in [0, 0.1) is 11.8 Å². The quantitative estimate of drug-likeness (QED) is 0.574. The molecule has 0 aromatic heterocycles. The Morgan fingerprint density at radius 2 is 1.29 bits per heavy atom. The fraction of sp³-hybridized carbons (Fsp3) is 0.818. The van der Waals surface area contributed by atoms with Crippen LogP contribution < -0.4 is 0 Å². The first-order valence-corrected chi connectivity index (χ1v) is 5.16. The Morgan fingerprint density at radius 1 is 0.857 bits per heavy atom. The standard InChI is InChI=1S/C8H12.C3H8O3/c1-2-4-6-8-7-5-3-1;4-1-3(6)2-5/h1-6H2;3-6H,1-2H2. The third-order valence-corrected chi connectivity index (χ3v) is 1.90. The summed E-state index contributed by atoms with van der Waals surface area (Å²) in [5, 5.41) is 24.0. The van der Waals surface area contributed by atoms with Crippen LogP contribution in [0.3, 0.4) is 0 Å². The highest BCUT2D eigenvalue weighted by molar-refractivity contribution is 4.99. The Morgan fingerprint density at radius 3 is 1.57 bits per heavy atom. The average Bonchev–Trinajstić information content (AvgIpc) is 2.16. The lowest BCUT2D eigenvalue weighted by Gasteiger charge is -1.97. The highest BCUT2D eigenvalue weighted by atomic mass is 16.3. The van der Waals surface area contributed by atoms with Crippen LogP contribution in [0.25, 0.3) is 0 Å². The van der Waals surface area contributed by atoms with Gasteiger partial charge in [0, 0.05) is 12.8 Å². The lowest BCUT2D eigenvalue weighted by Crippen LogP contribution is -2.15. The van der Waals surface area contributed by atoms with Gasteiger partial charge in [-0.2, -0.15) is 0 Å². The van der Waals surface area contributed by atoms with Crippen molar-refractivity contribution in [2.75, 3.05) is 13.2 Å². The van der Waals surface area contributed by atoms with E-state index in [9.17, 15) is 0 Å². The molecule has 82 valence electrons. The van der Waals surface area contributed by atoms with Gasteiger partial charge in [0.25, 0.3) is 0 Å². The summed E-state index contributed by atoms with van der Waals surface area (Å²) >= 11 is 0. The monoisotopic (exact) mass is 200 g/mol. The zero-order valence-electron chi connectivity index (χ0n) is 8.58. The predicted octanol–water partition coefficient (Wildman–Crippen LogP) is 0.676. The first-order valence-electron chi connectivity index (χ1n) is 5.16. The van der Waals surface area contributed by atoms with Crippen LogP contribution in [-0.4, -0.2) is 34.6 Å². The van der Waals surface area contributed by atoms with E-state index >= 15 is 0 Å². The summed E-state index contributed by atoms with van der Waals surface area (Å²) in [5.41, 5.74) is 0. The van der Waals surface area contributed by atoms with E-state index in [1.165, 1.54) is 25.7 Å². The molecule has 3 N–H and O–H groups in total. The first-order chi connectivity index (χ1) is 6.81. The summed E-state index contributed by atoms with van der Waals surface area (Å²) in [6.07, 6.45) is 6.77. The van der Waals surface area contributed by atoms with Gasteiger partial charge < -0.3 is 15.3 Å². The van der Waals surface area contributed by atoms with Gasteiger partial charge in [0.1, 0.15) is 6.10 Å². The molecule has 0 radical (unpaired) electrons. The molecule has 0 spiro atoms. The lowest BCUT2D eigenvalue weighted by atomic mass is 10.1. The summed E-state index contributed by atoms with van der Waals surface area (Å²) in [7, 11) is 0. The molecule has 1 aliphatic carbocycles. The van der Waals surface area contributed by atoms with E-state index in [0.717, 1.165) is 12.8 Å². The van der Waals surface area contributed by atoms with Gasteiger partial charge in [0.15, 0.2) is 0 Å². The Hall–Kier alpha value is -0.560. The largest absolute Gasteiger partial charge is 0.394 e. The summed E-state index contributed by atoms with van der Waals surface area (Å²) in [5.74, 6) is 6.27. The van der Waals surface area contributed by atoms with Gasteiger partial charge in [-0.1, -0.05) is 12.8 Å². The Balaban J connectivity index is 0.000000255. The van der Waals surface area contributed by atoms with E-state index in [1.54, 1.807) is 0 Å². The number of hydrogen-bond acceptors (Lipinski definition) is 3. The van der Waals surface area contributed by atoms with Gasteiger partial charge in [-0.15, -0.1) is 11.8 Å². The fourth-order valence-corrected chi connectivity index (χ4v) is 1.01. The molecule has 3 heteroatoms. The second-order valence-corrected chi connectivity index (χ2v) is 3.29. The van der Waals surface area contributed by atoms with Crippen molar-refractivity contribution < 1.29 is 15.3 Å². The maximum Gasteiger partial charge on any atom is 0.100 e. The molecule has 1 rings (SSSR count). The van der Waals surface area contributed by atoms with Crippen molar-refractivity contribution in [3.8, 4) is 11.8 Å². The van der Waals surface area contributed by atoms with Crippen molar-refractivity contribution >= 4 is 0 Å². The molecule has 0 amide bonds. The summed E-state index contributed by atoms with van der Waals surface area (Å²) in [6, 6.07) is 0. The SMILES string of the molecule is C1#CCCCCCC1.OCC(O)CO. The molecule has 0 bridgehead atoms. The summed E-state index contributed by atoms with van der Waals surface area (Å²) in [4.78, 5) is 0. The molecule has 0 heterocycles. The second kappa shape index (κ2) is 10.5. The van der Waals surface area contributed by atoms with E-state index in [1.807, 2.05) is 0 Å². The van der Waals surface area contributed by atoms with Crippen molar-refractivity contribution in [2.24, 2.45) is 0 Å². The van der Waals surface area contributed by atoms with E-state index < -0.39 is 6.10 Å². The third-order valence-electron chi connectivity index (χ3n) is 1.90. The van der Waals surface area contributed by atoms with Crippen LogP contribution >= 0.6 is 0 Å². The van der Waals surface area contributed by atoms with Crippen molar-refractivity contribution in [1.29, 1.82) is 0 Å². The molecule has 0 aromatic rings. The number of hydrogen-bond donors (Lipinski definition) is 3. The highest BCUT2D eigenvalue weighted by Gasteiger charge is 1.93. The van der Waals surface area contributed by atoms with Gasteiger partial charge >= 0.3 is 0 Å². The molecule has 0 unspecified atom stereocenters. The number of rotatable bonds is 2. The zero-order chi connectivity index (χ0) is 10.6. The molecule has 0 saturated carbocycles. The van der Waals surface area contributed by atoms with Gasteiger partial charge in [0.05, 0.1) is 13.2 Å². The van der Waals surface area contributed by atoms with Crippen LogP contribution in [0.4, 0.5) is 0 Å². The normalized spacial score (nSPS) is 15.7. The lowest BCUT2D eigenvalue weighted by molar-refractivity contribution is 0.0450. The molecular weight excluding hydrogens is 180 g/mol. The van der Waals surface area contributed by atoms with Crippen LogP contribution in [0.1, 0.15) is 38.5 Å². The van der Waals surface area contributed by atoms with Crippen LogP contribution in [0.15, 0.2) is 0 Å². The van der Waals surface area contributed by atoms with Gasteiger partial charge in [-0.3, -0.25) is 0 Å². The molecule has 1 aliphatic rings. The molecule has 3 nitrogen and oxygen atoms in total. The summed E-state index contributed by atoms with van der Waals surface area (Å²) in [6.45, 7) is -0.729. The Kier molecular flexibility index (Phi) is 10.1. The van der Waals surface area contributed by atoms with Crippen LogP contribution in [0.5, 0.6) is 0 Å². The second-order valence-electron chi connectivity index (χ2n) is 3.29. The Labute approximate surface area is 85.8 Å². The van der Waals surface area contributed by atoms with E-state index in [2.05, 4.69) is 11.8 Å². The zero-order valence-corrected chi connectivity index (χ0v) is 8.58. The van der Waals surface area contributed by atoms with Crippen molar-refractivity contribution in [3.05, 3.63) is 0 Å². The maximum atomic E-state index is 8.17. The van der Waals surface area contributed by atoms with E-state index in [4.69, 9.17) is 15.3 Å². The molecule has 0 atom stereocenters. The summed E-state index contributed by atoms with van der Waals surface area (Å²) < 4.78 is 0. The molecular formula is C11H20O3. The van der Waals surface area contributed by atoms with E-state index in [0.29, 0.717) is 0 Å². The van der Waals surface area contributed by atoms with Gasteiger partial charge in [0.2, 0.25) is 0 Å². The predicted molar refractivity (Wildman–Crippen MR) is 55.7 cm³/mol. The minimum atomic E-state index is -0.954. The van der Waals surface area contributed by atoms with E-state index in [-0.39, 0.29) is 13.2 Å². The first kappa shape index (κ1) is 13.4.